The zero-order chi connectivity index (χ0) is 25.7. The van der Waals surface area contributed by atoms with E-state index in [4.69, 9.17) is 10.5 Å². The Morgan fingerprint density at radius 3 is 2.64 bits per heavy atom. The van der Waals surface area contributed by atoms with E-state index in [9.17, 15) is 24.2 Å². The maximum Gasteiger partial charge on any atom is 0.310 e. The molecule has 8 nitrogen and oxygen atoms in total. The Labute approximate surface area is 200 Å². The molecule has 0 unspecified atom stereocenters. The van der Waals surface area contributed by atoms with E-state index in [2.05, 4.69) is 15.0 Å². The zero-order valence-corrected chi connectivity index (χ0v) is 19.5. The number of likely N-dealkylation sites (tertiary alicyclic amines) is 1. The average Bonchev–Trinajstić information content (AvgIpc) is 3.37. The van der Waals surface area contributed by atoms with Crippen molar-refractivity contribution in [2.75, 3.05) is 12.3 Å². The minimum absolute atomic E-state index is 0.0844. The lowest BCUT2D eigenvalue weighted by Crippen LogP contribution is -2.44. The van der Waals surface area contributed by atoms with Crippen LogP contribution >= 0.6 is 10.2 Å². The lowest BCUT2D eigenvalue weighted by molar-refractivity contribution is 0.0360. The first kappa shape index (κ1) is 22.8. The number of nitrogens with two attached hydrogens (primary N) is 1. The highest BCUT2D eigenvalue weighted by Gasteiger charge is 2.66. The monoisotopic (exact) mass is 526 g/mol. The number of pyridine rings is 1. The first-order chi connectivity index (χ1) is 16.7. The minimum atomic E-state index is -9.88. The number of piperidine rings is 1. The molecular weight excluding hydrogens is 507 g/mol. The molecule has 190 valence electrons. The standard InChI is InChI=1S/C22H19F5N6O2S/c1-11-29-10-17-21(28)31-15-9-30-14(8-16(15)33(11)17)22(34)32-6-2-3-18-20(32)13-5-4-12(7-19(13)35-18)36(23,24,25,26)27/h4-5,7-10,18,20H,2-3,6H2,1H3,(H2,28,31)/t18-,20-/m0/s1. The molecule has 1 amide bonds. The molecule has 36 heavy (non-hydrogen) atoms. The van der Waals surface area contributed by atoms with E-state index >= 15 is 0 Å². The highest BCUT2D eigenvalue weighted by molar-refractivity contribution is 8.45. The van der Waals surface area contributed by atoms with Gasteiger partial charge in [0.1, 0.15) is 45.1 Å². The third-order valence-corrected chi connectivity index (χ3v) is 7.77. The van der Waals surface area contributed by atoms with Gasteiger partial charge in [-0.1, -0.05) is 25.5 Å². The zero-order valence-electron chi connectivity index (χ0n) is 18.7. The number of halogens is 5. The first-order valence-electron chi connectivity index (χ1n) is 11.0. The molecule has 5 heterocycles. The summed E-state index contributed by atoms with van der Waals surface area (Å²) in [6.45, 7) is 2.07. The third kappa shape index (κ3) is 3.42. The second-order valence-corrected chi connectivity index (χ2v) is 11.4. The van der Waals surface area contributed by atoms with Crippen LogP contribution in [0.25, 0.3) is 16.6 Å². The quantitative estimate of drug-likeness (QED) is 0.343. The van der Waals surface area contributed by atoms with Gasteiger partial charge in [0, 0.05) is 18.2 Å². The molecule has 0 aliphatic carbocycles. The summed E-state index contributed by atoms with van der Waals surface area (Å²) >= 11 is 0. The van der Waals surface area contributed by atoms with Crippen LogP contribution in [0, 0.1) is 6.92 Å². The smallest absolute Gasteiger partial charge is 0.310 e. The summed E-state index contributed by atoms with van der Waals surface area (Å²) in [5.41, 5.74) is 7.92. The number of nitrogen functional groups attached to an aromatic ring is 1. The average molecular weight is 526 g/mol. The summed E-state index contributed by atoms with van der Waals surface area (Å²) in [4.78, 5) is 25.9. The molecule has 2 aliphatic rings. The summed E-state index contributed by atoms with van der Waals surface area (Å²) in [6.07, 6.45) is 3.31. The summed E-state index contributed by atoms with van der Waals surface area (Å²) in [6, 6.07) is 2.49. The number of carbonyl (C=O) groups is 1. The molecule has 1 saturated heterocycles. The Kier molecular flexibility index (Phi) is 4.14. The molecule has 6 rings (SSSR count). The Balaban J connectivity index is 1.41. The molecule has 2 aliphatic heterocycles. The molecular formula is C22H19F5N6O2S. The van der Waals surface area contributed by atoms with E-state index in [-0.39, 0.29) is 22.8 Å². The normalized spacial score (nSPS) is 21.6. The number of anilines is 1. The number of carbonyl (C=O) groups excluding carboxylic acids is 1. The number of rotatable bonds is 2. The Morgan fingerprint density at radius 2 is 1.89 bits per heavy atom. The van der Waals surface area contributed by atoms with Gasteiger partial charge in [-0.2, -0.15) is 0 Å². The number of fused-ring (bicyclic) bond motifs is 6. The van der Waals surface area contributed by atoms with Crippen LogP contribution in [0.1, 0.15) is 40.8 Å². The minimum Gasteiger partial charge on any atom is -0.487 e. The molecule has 1 aromatic carbocycles. The number of benzene rings is 1. The van der Waals surface area contributed by atoms with Crippen molar-refractivity contribution in [2.45, 2.75) is 36.8 Å². The molecule has 0 saturated carbocycles. The van der Waals surface area contributed by atoms with Gasteiger partial charge >= 0.3 is 10.2 Å². The summed E-state index contributed by atoms with van der Waals surface area (Å²) < 4.78 is 74.1. The number of nitrogens with zero attached hydrogens (tertiary/aromatic N) is 5. The predicted octanol–water partition coefficient (Wildman–Crippen LogP) is 5.56. The Bertz CT molecular complexity index is 1610. The lowest BCUT2D eigenvalue weighted by Gasteiger charge is -2.40. The van der Waals surface area contributed by atoms with Gasteiger partial charge in [-0.05, 0) is 31.9 Å². The number of hydrogen-bond acceptors (Lipinski definition) is 6. The van der Waals surface area contributed by atoms with Gasteiger partial charge < -0.3 is 15.4 Å². The van der Waals surface area contributed by atoms with Gasteiger partial charge in [-0.3, -0.25) is 9.20 Å². The molecule has 0 bridgehead atoms. The number of aromatic nitrogens is 4. The SMILES string of the molecule is Cc1ncc2c(N)nc3cnc(C(=O)N4CCC[C@@H]5Oc6cc(S(F)(F)(F)(F)F)ccc6[C@@H]54)cc3n12. The van der Waals surface area contributed by atoms with Gasteiger partial charge in [0.25, 0.3) is 5.91 Å². The van der Waals surface area contributed by atoms with E-state index in [1.54, 1.807) is 23.6 Å². The number of imidazole rings is 1. The molecule has 0 spiro atoms. The van der Waals surface area contributed by atoms with E-state index < -0.39 is 33.2 Å². The Hall–Kier alpha value is -3.68. The second kappa shape index (κ2) is 6.55. The summed E-state index contributed by atoms with van der Waals surface area (Å²) in [5.74, 6) is 0.123. The number of ether oxygens (including phenoxy) is 1. The molecule has 0 radical (unpaired) electrons. The van der Waals surface area contributed by atoms with Crippen molar-refractivity contribution in [1.82, 2.24) is 24.3 Å². The van der Waals surface area contributed by atoms with Crippen LogP contribution in [0.3, 0.4) is 0 Å². The fourth-order valence-electron chi connectivity index (χ4n) is 5.03. The van der Waals surface area contributed by atoms with Crippen LogP contribution in [0.5, 0.6) is 5.75 Å². The lowest BCUT2D eigenvalue weighted by atomic mass is 9.94. The van der Waals surface area contributed by atoms with Crippen LogP contribution in [-0.2, 0) is 0 Å². The van der Waals surface area contributed by atoms with Crippen LogP contribution in [0.15, 0.2) is 41.6 Å². The fourth-order valence-corrected chi connectivity index (χ4v) is 5.68. The molecule has 14 heteroatoms. The van der Waals surface area contributed by atoms with E-state index in [1.807, 2.05) is 0 Å². The van der Waals surface area contributed by atoms with Gasteiger partial charge in [0.05, 0.1) is 24.0 Å². The largest absolute Gasteiger partial charge is 0.487 e. The van der Waals surface area contributed by atoms with Crippen LogP contribution in [-0.4, -0.2) is 42.8 Å². The van der Waals surface area contributed by atoms with Crippen LogP contribution in [0.4, 0.5) is 25.2 Å². The highest BCUT2D eigenvalue weighted by Crippen LogP contribution is 3.02. The first-order valence-corrected chi connectivity index (χ1v) is 12.9. The number of hydrogen-bond donors (Lipinski definition) is 1. The van der Waals surface area contributed by atoms with Crippen molar-refractivity contribution in [3.8, 4) is 5.75 Å². The number of amides is 1. The van der Waals surface area contributed by atoms with E-state index in [0.717, 1.165) is 6.07 Å². The van der Waals surface area contributed by atoms with Crippen molar-refractivity contribution < 1.29 is 29.0 Å². The molecule has 3 aromatic heterocycles. The van der Waals surface area contributed by atoms with Crippen molar-refractivity contribution in [3.05, 3.63) is 53.7 Å². The van der Waals surface area contributed by atoms with Gasteiger partial charge in [0.15, 0.2) is 0 Å². The van der Waals surface area contributed by atoms with Gasteiger partial charge in [-0.15, -0.1) is 0 Å². The van der Waals surface area contributed by atoms with Crippen molar-refractivity contribution in [1.29, 1.82) is 0 Å². The summed E-state index contributed by atoms with van der Waals surface area (Å²) in [5, 5.41) is 0. The van der Waals surface area contributed by atoms with Crippen molar-refractivity contribution in [3.63, 3.8) is 0 Å². The third-order valence-electron chi connectivity index (χ3n) is 6.63. The molecule has 2 N–H and O–H groups in total. The number of aryl methyl sites for hydroxylation is 1. The summed E-state index contributed by atoms with van der Waals surface area (Å²) in [7, 11) is -9.88. The molecule has 4 aromatic rings. The predicted molar refractivity (Wildman–Crippen MR) is 123 cm³/mol. The maximum absolute atomic E-state index is 13.6. The highest BCUT2D eigenvalue weighted by atomic mass is 32.5. The molecule has 1 fully saturated rings. The second-order valence-electron chi connectivity index (χ2n) is 8.99. The topological polar surface area (TPSA) is 98.6 Å². The van der Waals surface area contributed by atoms with Crippen molar-refractivity contribution >= 4 is 38.5 Å². The van der Waals surface area contributed by atoms with Crippen LogP contribution in [0.2, 0.25) is 0 Å². The Morgan fingerprint density at radius 1 is 1.11 bits per heavy atom. The van der Waals surface area contributed by atoms with Gasteiger partial charge in [-0.25, -0.2) is 15.0 Å². The van der Waals surface area contributed by atoms with E-state index in [0.29, 0.717) is 53.9 Å². The van der Waals surface area contributed by atoms with Crippen molar-refractivity contribution in [2.24, 2.45) is 0 Å². The van der Waals surface area contributed by atoms with Crippen LogP contribution < -0.4 is 10.5 Å². The molecule has 2 atom stereocenters. The fraction of sp³-hybridized carbons (Fsp3) is 0.273. The van der Waals surface area contributed by atoms with E-state index in [1.165, 1.54) is 11.1 Å². The maximum atomic E-state index is 13.6. The van der Waals surface area contributed by atoms with Gasteiger partial charge in [0.2, 0.25) is 0 Å².